The fourth-order valence-corrected chi connectivity index (χ4v) is 1.46. The Bertz CT molecular complexity index is 441. The lowest BCUT2D eigenvalue weighted by molar-refractivity contribution is -0.143. The Hall–Kier alpha value is -1.46. The molecule has 102 valence electrons. The molecule has 0 radical (unpaired) electrons. The molecule has 0 aliphatic carbocycles. The summed E-state index contributed by atoms with van der Waals surface area (Å²) < 4.78 is 38.5. The van der Waals surface area contributed by atoms with Crippen molar-refractivity contribution in [2.45, 2.75) is 26.9 Å². The van der Waals surface area contributed by atoms with Gasteiger partial charge in [-0.2, -0.15) is 13.2 Å². The molecule has 0 bridgehead atoms. The zero-order valence-electron chi connectivity index (χ0n) is 10.9. The first-order valence-corrected chi connectivity index (χ1v) is 5.53. The monoisotopic (exact) mass is 262 g/mol. The highest BCUT2D eigenvalue weighted by molar-refractivity contribution is 5.92. The van der Waals surface area contributed by atoms with E-state index < -0.39 is 17.8 Å². The van der Waals surface area contributed by atoms with E-state index in [2.05, 4.69) is 5.32 Å². The lowest BCUT2D eigenvalue weighted by Gasteiger charge is -2.19. The van der Waals surface area contributed by atoms with Crippen LogP contribution < -0.4 is 5.32 Å². The van der Waals surface area contributed by atoms with E-state index in [-0.39, 0.29) is 11.1 Å². The zero-order valence-corrected chi connectivity index (χ0v) is 10.9. The second-order valence-electron chi connectivity index (χ2n) is 5.40. The number of hydrogen-bond donors (Lipinski definition) is 1. The van der Waals surface area contributed by atoms with Gasteiger partial charge in [0.2, 0.25) is 0 Å². The van der Waals surface area contributed by atoms with Crippen LogP contribution in [0.2, 0.25) is 0 Å². The van der Waals surface area contributed by atoms with Gasteiger partial charge in [0.1, 0.15) is 11.4 Å². The van der Waals surface area contributed by atoms with Crippen molar-refractivity contribution in [1.29, 1.82) is 0 Å². The van der Waals surface area contributed by atoms with E-state index in [9.17, 15) is 18.0 Å². The number of nitrogens with zero attached hydrogens (tertiary/aromatic N) is 1. The van der Waals surface area contributed by atoms with Crippen LogP contribution in [0, 0.1) is 5.41 Å². The smallest absolute Gasteiger partial charge is 0.350 e. The minimum atomic E-state index is -4.45. The summed E-state index contributed by atoms with van der Waals surface area (Å²) in [5.74, 6) is -0.497. The molecule has 0 aliphatic heterocycles. The third-order valence-corrected chi connectivity index (χ3v) is 2.42. The van der Waals surface area contributed by atoms with Gasteiger partial charge in [-0.3, -0.25) is 4.79 Å². The first-order chi connectivity index (χ1) is 8.02. The van der Waals surface area contributed by atoms with Crippen LogP contribution in [-0.4, -0.2) is 17.0 Å². The quantitative estimate of drug-likeness (QED) is 0.873. The molecule has 1 rings (SSSR count). The van der Waals surface area contributed by atoms with E-state index in [0.717, 1.165) is 10.6 Å². The molecule has 0 atom stereocenters. The fraction of sp³-hybridized carbons (Fsp3) is 0.583. The van der Waals surface area contributed by atoms with Gasteiger partial charge in [0, 0.05) is 13.6 Å². The number of nitrogens with one attached hydrogen (secondary N) is 1. The molecule has 0 unspecified atom stereocenters. The molecule has 6 heteroatoms. The van der Waals surface area contributed by atoms with Gasteiger partial charge in [0.05, 0.1) is 0 Å². The van der Waals surface area contributed by atoms with Gasteiger partial charge in [0.25, 0.3) is 5.91 Å². The summed E-state index contributed by atoms with van der Waals surface area (Å²) >= 11 is 0. The van der Waals surface area contributed by atoms with Crippen LogP contribution in [0.3, 0.4) is 0 Å². The zero-order chi connectivity index (χ0) is 14.1. The number of hydrogen-bond acceptors (Lipinski definition) is 1. The van der Waals surface area contributed by atoms with Crippen LogP contribution >= 0.6 is 0 Å². The van der Waals surface area contributed by atoms with Crippen molar-refractivity contribution >= 4 is 5.91 Å². The number of halogens is 3. The number of aromatic nitrogens is 1. The molecule has 1 heterocycles. The molecule has 0 saturated heterocycles. The van der Waals surface area contributed by atoms with Crippen LogP contribution in [-0.2, 0) is 13.2 Å². The van der Waals surface area contributed by atoms with Gasteiger partial charge in [-0.1, -0.05) is 20.8 Å². The minimum absolute atomic E-state index is 0.00609. The van der Waals surface area contributed by atoms with E-state index >= 15 is 0 Å². The number of amides is 1. The van der Waals surface area contributed by atoms with E-state index in [4.69, 9.17) is 0 Å². The van der Waals surface area contributed by atoms with Crippen molar-refractivity contribution in [1.82, 2.24) is 9.88 Å². The number of rotatable bonds is 2. The van der Waals surface area contributed by atoms with Gasteiger partial charge in [-0.25, -0.2) is 0 Å². The predicted octanol–water partition coefficient (Wildman–Crippen LogP) is 2.82. The molecule has 0 fully saturated rings. The fourth-order valence-electron chi connectivity index (χ4n) is 1.46. The van der Waals surface area contributed by atoms with Crippen LogP contribution in [0.15, 0.2) is 12.1 Å². The summed E-state index contributed by atoms with van der Waals surface area (Å²) in [6.45, 7) is 6.19. The molecular weight excluding hydrogens is 245 g/mol. The van der Waals surface area contributed by atoms with Crippen molar-refractivity contribution < 1.29 is 18.0 Å². The number of carbonyl (C=O) groups is 1. The van der Waals surface area contributed by atoms with Gasteiger partial charge in [0.15, 0.2) is 0 Å². The molecule has 1 aromatic heterocycles. The van der Waals surface area contributed by atoms with E-state index in [1.807, 2.05) is 20.8 Å². The summed E-state index contributed by atoms with van der Waals surface area (Å²) in [7, 11) is 1.23. The van der Waals surface area contributed by atoms with Gasteiger partial charge in [-0.05, 0) is 17.5 Å². The SMILES string of the molecule is Cn1c(C(=O)NCC(C)(C)C)ccc1C(F)(F)F. The molecule has 1 N–H and O–H groups in total. The summed E-state index contributed by atoms with van der Waals surface area (Å²) in [4.78, 5) is 11.8. The Morgan fingerprint density at radius 3 is 2.22 bits per heavy atom. The molecule has 0 saturated carbocycles. The third-order valence-electron chi connectivity index (χ3n) is 2.42. The number of alkyl halides is 3. The second kappa shape index (κ2) is 4.66. The van der Waals surface area contributed by atoms with Crippen LogP contribution in [0.25, 0.3) is 0 Å². The first kappa shape index (κ1) is 14.6. The summed E-state index contributed by atoms with van der Waals surface area (Å²) in [6, 6.07) is 2.09. The van der Waals surface area contributed by atoms with Crippen molar-refractivity contribution in [2.75, 3.05) is 6.54 Å². The van der Waals surface area contributed by atoms with Crippen LogP contribution in [0.1, 0.15) is 37.0 Å². The summed E-state index contributed by atoms with van der Waals surface area (Å²) in [5, 5.41) is 2.62. The number of carbonyl (C=O) groups excluding carboxylic acids is 1. The van der Waals surface area contributed by atoms with Gasteiger partial charge >= 0.3 is 6.18 Å². The lowest BCUT2D eigenvalue weighted by Crippen LogP contribution is -2.33. The second-order valence-corrected chi connectivity index (χ2v) is 5.40. The Morgan fingerprint density at radius 1 is 1.28 bits per heavy atom. The van der Waals surface area contributed by atoms with Crippen molar-refractivity contribution in [3.63, 3.8) is 0 Å². The highest BCUT2D eigenvalue weighted by Gasteiger charge is 2.34. The molecule has 1 aromatic rings. The molecule has 18 heavy (non-hydrogen) atoms. The minimum Gasteiger partial charge on any atom is -0.350 e. The maximum atomic E-state index is 12.5. The topological polar surface area (TPSA) is 34.0 Å². The van der Waals surface area contributed by atoms with E-state index in [1.165, 1.54) is 13.1 Å². The molecular formula is C12H17F3N2O. The molecule has 0 spiro atoms. The third kappa shape index (κ3) is 3.51. The Kier molecular flexibility index (Phi) is 3.78. The van der Waals surface area contributed by atoms with Gasteiger partial charge in [-0.15, -0.1) is 0 Å². The van der Waals surface area contributed by atoms with Crippen molar-refractivity contribution in [2.24, 2.45) is 12.5 Å². The maximum Gasteiger partial charge on any atom is 0.431 e. The predicted molar refractivity (Wildman–Crippen MR) is 62.2 cm³/mol. The molecule has 3 nitrogen and oxygen atoms in total. The maximum absolute atomic E-state index is 12.5. The van der Waals surface area contributed by atoms with Crippen molar-refractivity contribution in [3.8, 4) is 0 Å². The highest BCUT2D eigenvalue weighted by atomic mass is 19.4. The summed E-state index contributed by atoms with van der Waals surface area (Å²) in [5.41, 5.74) is -0.941. The standard InChI is InChI=1S/C12H17F3N2O/c1-11(2,3)7-16-10(18)8-5-6-9(17(8)4)12(13,14)15/h5-6H,7H2,1-4H3,(H,16,18). The Morgan fingerprint density at radius 2 is 1.83 bits per heavy atom. The Balaban J connectivity index is 2.86. The molecule has 0 aliphatic rings. The highest BCUT2D eigenvalue weighted by Crippen LogP contribution is 2.30. The van der Waals surface area contributed by atoms with Crippen LogP contribution in [0.4, 0.5) is 13.2 Å². The summed E-state index contributed by atoms with van der Waals surface area (Å²) in [6.07, 6.45) is -4.45. The normalized spacial score (nSPS) is 12.6. The average Bonchev–Trinajstić information content (AvgIpc) is 2.54. The Labute approximate surface area is 104 Å². The van der Waals surface area contributed by atoms with Crippen molar-refractivity contribution in [3.05, 3.63) is 23.5 Å². The first-order valence-electron chi connectivity index (χ1n) is 5.53. The lowest BCUT2D eigenvalue weighted by atomic mass is 9.97. The van der Waals surface area contributed by atoms with E-state index in [0.29, 0.717) is 6.54 Å². The van der Waals surface area contributed by atoms with Crippen LogP contribution in [0.5, 0.6) is 0 Å². The average molecular weight is 262 g/mol. The van der Waals surface area contributed by atoms with Gasteiger partial charge < -0.3 is 9.88 Å². The largest absolute Gasteiger partial charge is 0.431 e. The molecule has 1 amide bonds. The molecule has 0 aromatic carbocycles. The van der Waals surface area contributed by atoms with E-state index in [1.54, 1.807) is 0 Å².